The van der Waals surface area contributed by atoms with Crippen LogP contribution < -0.4 is 16.0 Å². The highest BCUT2D eigenvalue weighted by molar-refractivity contribution is 4.53. The fourth-order valence-corrected chi connectivity index (χ4v) is 0.984. The Morgan fingerprint density at radius 2 is 1.38 bits per heavy atom. The first-order valence-electron chi connectivity index (χ1n) is 5.14. The third kappa shape index (κ3) is 11.8. The van der Waals surface area contributed by atoms with E-state index >= 15 is 0 Å². The number of hydrogen-bond acceptors (Lipinski definition) is 4. The number of aliphatic hydroxyl groups is 1. The monoisotopic (exact) mass is 189 g/mol. The Hall–Kier alpha value is -0.160. The van der Waals surface area contributed by atoms with Crippen molar-refractivity contribution in [1.29, 1.82) is 0 Å². The van der Waals surface area contributed by atoms with Gasteiger partial charge in [0.2, 0.25) is 0 Å². The molecule has 4 heteroatoms. The van der Waals surface area contributed by atoms with Gasteiger partial charge in [0.25, 0.3) is 0 Å². The second-order valence-corrected chi connectivity index (χ2v) is 2.93. The summed E-state index contributed by atoms with van der Waals surface area (Å²) < 4.78 is 0. The van der Waals surface area contributed by atoms with Crippen molar-refractivity contribution in [3.63, 3.8) is 0 Å². The molecule has 4 nitrogen and oxygen atoms in total. The Kier molecular flexibility index (Phi) is 11.7. The minimum Gasteiger partial charge on any atom is -0.396 e. The molecule has 13 heavy (non-hydrogen) atoms. The standard InChI is InChI=1S/C9H23N3O/c1-2-10-5-6-12-8-7-11-4-3-9-13/h10-13H,2-9H2,1H3. The molecule has 0 aliphatic heterocycles. The predicted molar refractivity (Wildman–Crippen MR) is 56.0 cm³/mol. The van der Waals surface area contributed by atoms with Gasteiger partial charge in [-0.1, -0.05) is 6.92 Å². The van der Waals surface area contributed by atoms with Crippen molar-refractivity contribution in [3.05, 3.63) is 0 Å². The maximum atomic E-state index is 8.50. The van der Waals surface area contributed by atoms with Crippen LogP contribution in [0.1, 0.15) is 13.3 Å². The minimum atomic E-state index is 0.279. The number of likely N-dealkylation sites (N-methyl/N-ethyl adjacent to an activating group) is 1. The van der Waals surface area contributed by atoms with E-state index in [2.05, 4.69) is 22.9 Å². The van der Waals surface area contributed by atoms with Crippen molar-refractivity contribution < 1.29 is 5.11 Å². The molecule has 0 atom stereocenters. The Balaban J connectivity index is 2.76. The van der Waals surface area contributed by atoms with E-state index in [-0.39, 0.29) is 6.61 Å². The van der Waals surface area contributed by atoms with Crippen molar-refractivity contribution in [3.8, 4) is 0 Å². The Bertz CT molecular complexity index is 80.9. The lowest BCUT2D eigenvalue weighted by Crippen LogP contribution is -2.32. The van der Waals surface area contributed by atoms with Crippen LogP contribution in [0.25, 0.3) is 0 Å². The summed E-state index contributed by atoms with van der Waals surface area (Å²) in [5.41, 5.74) is 0. The van der Waals surface area contributed by atoms with Crippen LogP contribution in [0.3, 0.4) is 0 Å². The number of hydrogen-bond donors (Lipinski definition) is 4. The van der Waals surface area contributed by atoms with E-state index in [9.17, 15) is 0 Å². The van der Waals surface area contributed by atoms with E-state index in [0.29, 0.717) is 0 Å². The topological polar surface area (TPSA) is 56.3 Å². The van der Waals surface area contributed by atoms with Gasteiger partial charge in [-0.05, 0) is 19.5 Å². The fourth-order valence-electron chi connectivity index (χ4n) is 0.984. The second kappa shape index (κ2) is 11.8. The summed E-state index contributed by atoms with van der Waals surface area (Å²) in [4.78, 5) is 0. The zero-order chi connectivity index (χ0) is 9.78. The average Bonchev–Trinajstić information content (AvgIpc) is 2.16. The number of aliphatic hydroxyl groups excluding tert-OH is 1. The molecule has 0 fully saturated rings. The van der Waals surface area contributed by atoms with Gasteiger partial charge in [-0.3, -0.25) is 0 Å². The molecule has 0 rings (SSSR count). The molecule has 0 aromatic carbocycles. The lowest BCUT2D eigenvalue weighted by atomic mass is 10.4. The van der Waals surface area contributed by atoms with Crippen LogP contribution in [0.2, 0.25) is 0 Å². The molecule has 0 aliphatic rings. The zero-order valence-electron chi connectivity index (χ0n) is 8.60. The molecule has 0 saturated heterocycles. The van der Waals surface area contributed by atoms with E-state index in [1.807, 2.05) is 0 Å². The molecule has 0 heterocycles. The van der Waals surface area contributed by atoms with Crippen molar-refractivity contribution >= 4 is 0 Å². The summed E-state index contributed by atoms with van der Waals surface area (Å²) >= 11 is 0. The van der Waals surface area contributed by atoms with Crippen molar-refractivity contribution in [1.82, 2.24) is 16.0 Å². The number of nitrogens with one attached hydrogen (secondary N) is 3. The maximum absolute atomic E-state index is 8.50. The third-order valence-corrected chi connectivity index (χ3v) is 1.72. The Labute approximate surface area is 81.1 Å². The maximum Gasteiger partial charge on any atom is 0.0443 e. The van der Waals surface area contributed by atoms with Crippen LogP contribution in [0.15, 0.2) is 0 Å². The smallest absolute Gasteiger partial charge is 0.0443 e. The lowest BCUT2D eigenvalue weighted by molar-refractivity contribution is 0.286. The van der Waals surface area contributed by atoms with E-state index in [1.54, 1.807) is 0 Å². The Morgan fingerprint density at radius 1 is 0.846 bits per heavy atom. The second-order valence-electron chi connectivity index (χ2n) is 2.93. The van der Waals surface area contributed by atoms with Crippen molar-refractivity contribution in [2.24, 2.45) is 0 Å². The first kappa shape index (κ1) is 12.8. The van der Waals surface area contributed by atoms with Gasteiger partial charge in [0.15, 0.2) is 0 Å². The molecule has 0 spiro atoms. The summed E-state index contributed by atoms with van der Waals surface area (Å²) in [5.74, 6) is 0. The van der Waals surface area contributed by atoms with Gasteiger partial charge < -0.3 is 21.1 Å². The lowest BCUT2D eigenvalue weighted by Gasteiger charge is -2.05. The number of rotatable bonds is 10. The molecule has 0 aliphatic carbocycles. The third-order valence-electron chi connectivity index (χ3n) is 1.72. The quantitative estimate of drug-likeness (QED) is 0.338. The summed E-state index contributed by atoms with van der Waals surface area (Å²) in [7, 11) is 0. The predicted octanol–water partition coefficient (Wildman–Crippen LogP) is -0.842. The normalized spacial score (nSPS) is 10.6. The van der Waals surface area contributed by atoms with Crippen LogP contribution in [-0.4, -0.2) is 51.0 Å². The fraction of sp³-hybridized carbons (Fsp3) is 1.00. The molecule has 0 bridgehead atoms. The van der Waals surface area contributed by atoms with E-state index in [1.165, 1.54) is 0 Å². The molecule has 80 valence electrons. The van der Waals surface area contributed by atoms with Gasteiger partial charge in [0, 0.05) is 32.8 Å². The molecule has 0 unspecified atom stereocenters. The molecule has 0 aromatic heterocycles. The van der Waals surface area contributed by atoms with Crippen LogP contribution >= 0.6 is 0 Å². The zero-order valence-corrected chi connectivity index (χ0v) is 8.60. The van der Waals surface area contributed by atoms with E-state index in [0.717, 1.165) is 45.7 Å². The summed E-state index contributed by atoms with van der Waals surface area (Å²) in [6, 6.07) is 0. The van der Waals surface area contributed by atoms with Crippen LogP contribution in [-0.2, 0) is 0 Å². The van der Waals surface area contributed by atoms with E-state index in [4.69, 9.17) is 5.11 Å². The van der Waals surface area contributed by atoms with Crippen LogP contribution in [0.4, 0.5) is 0 Å². The van der Waals surface area contributed by atoms with Gasteiger partial charge in [-0.2, -0.15) is 0 Å². The molecule has 0 saturated carbocycles. The van der Waals surface area contributed by atoms with Gasteiger partial charge in [-0.15, -0.1) is 0 Å². The minimum absolute atomic E-state index is 0.279. The Morgan fingerprint density at radius 3 is 1.92 bits per heavy atom. The molecular formula is C9H23N3O. The summed E-state index contributed by atoms with van der Waals surface area (Å²) in [5, 5.41) is 18.3. The highest BCUT2D eigenvalue weighted by atomic mass is 16.3. The van der Waals surface area contributed by atoms with Gasteiger partial charge in [-0.25, -0.2) is 0 Å². The molecular weight excluding hydrogens is 166 g/mol. The molecule has 0 radical (unpaired) electrons. The van der Waals surface area contributed by atoms with Gasteiger partial charge in [0.05, 0.1) is 0 Å². The molecule has 0 aromatic rings. The summed E-state index contributed by atoms with van der Waals surface area (Å²) in [6.45, 7) is 8.37. The first-order valence-corrected chi connectivity index (χ1v) is 5.14. The van der Waals surface area contributed by atoms with E-state index < -0.39 is 0 Å². The molecule has 4 N–H and O–H groups in total. The average molecular weight is 189 g/mol. The van der Waals surface area contributed by atoms with Crippen LogP contribution in [0, 0.1) is 0 Å². The molecule has 0 amide bonds. The van der Waals surface area contributed by atoms with Crippen molar-refractivity contribution in [2.75, 3.05) is 45.9 Å². The SMILES string of the molecule is CCNCCNCCNCCCO. The first-order chi connectivity index (χ1) is 6.41. The van der Waals surface area contributed by atoms with Crippen molar-refractivity contribution in [2.45, 2.75) is 13.3 Å². The van der Waals surface area contributed by atoms with Gasteiger partial charge in [0.1, 0.15) is 0 Å². The van der Waals surface area contributed by atoms with Gasteiger partial charge >= 0.3 is 0 Å². The largest absolute Gasteiger partial charge is 0.396 e. The highest BCUT2D eigenvalue weighted by Crippen LogP contribution is 1.70. The van der Waals surface area contributed by atoms with Crippen LogP contribution in [0.5, 0.6) is 0 Å². The highest BCUT2D eigenvalue weighted by Gasteiger charge is 1.87. The summed E-state index contributed by atoms with van der Waals surface area (Å²) in [6.07, 6.45) is 0.845.